The van der Waals surface area contributed by atoms with Crippen molar-refractivity contribution in [1.29, 1.82) is 0 Å². The van der Waals surface area contributed by atoms with E-state index in [1.165, 1.54) is 24.8 Å². The average molecular weight is 249 g/mol. The SMILES string of the molecule is CCCCCOc1cccc(CCCN(C)C)c1. The van der Waals surface area contributed by atoms with Gasteiger partial charge in [-0.3, -0.25) is 0 Å². The number of ether oxygens (including phenoxy) is 1. The number of unbranched alkanes of at least 4 members (excludes halogenated alkanes) is 2. The molecule has 2 nitrogen and oxygen atoms in total. The number of aryl methyl sites for hydroxylation is 1. The molecule has 0 N–H and O–H groups in total. The zero-order valence-corrected chi connectivity index (χ0v) is 12.1. The third-order valence-corrected chi connectivity index (χ3v) is 2.99. The van der Waals surface area contributed by atoms with Crippen LogP contribution in [0.5, 0.6) is 5.75 Å². The Balaban J connectivity index is 2.32. The number of hydrogen-bond donors (Lipinski definition) is 0. The second kappa shape index (κ2) is 8.98. The van der Waals surface area contributed by atoms with Crippen LogP contribution >= 0.6 is 0 Å². The zero-order chi connectivity index (χ0) is 13.2. The Morgan fingerprint density at radius 1 is 1.11 bits per heavy atom. The first-order valence-electron chi connectivity index (χ1n) is 7.09. The second-order valence-corrected chi connectivity index (χ2v) is 5.11. The molecule has 0 atom stereocenters. The summed E-state index contributed by atoms with van der Waals surface area (Å²) >= 11 is 0. The molecule has 0 fully saturated rings. The van der Waals surface area contributed by atoms with Gasteiger partial charge in [0.05, 0.1) is 6.61 Å². The van der Waals surface area contributed by atoms with Gasteiger partial charge >= 0.3 is 0 Å². The molecule has 0 aliphatic heterocycles. The van der Waals surface area contributed by atoms with Gasteiger partial charge in [0.1, 0.15) is 5.75 Å². The molecule has 2 heteroatoms. The van der Waals surface area contributed by atoms with E-state index in [1.807, 2.05) is 0 Å². The van der Waals surface area contributed by atoms with Gasteiger partial charge in [-0.15, -0.1) is 0 Å². The van der Waals surface area contributed by atoms with Crippen LogP contribution in [0.2, 0.25) is 0 Å². The molecule has 0 amide bonds. The lowest BCUT2D eigenvalue weighted by atomic mass is 10.1. The van der Waals surface area contributed by atoms with E-state index in [9.17, 15) is 0 Å². The first-order chi connectivity index (χ1) is 8.72. The van der Waals surface area contributed by atoms with E-state index in [0.717, 1.165) is 31.7 Å². The highest BCUT2D eigenvalue weighted by molar-refractivity contribution is 5.28. The van der Waals surface area contributed by atoms with Crippen LogP contribution in [0.4, 0.5) is 0 Å². The molecule has 1 aromatic rings. The van der Waals surface area contributed by atoms with Gasteiger partial charge < -0.3 is 9.64 Å². The topological polar surface area (TPSA) is 12.5 Å². The average Bonchev–Trinajstić information content (AvgIpc) is 2.35. The fourth-order valence-corrected chi connectivity index (χ4v) is 1.93. The van der Waals surface area contributed by atoms with Crippen molar-refractivity contribution in [2.24, 2.45) is 0 Å². The molecule has 0 radical (unpaired) electrons. The van der Waals surface area contributed by atoms with Crippen LogP contribution < -0.4 is 4.74 Å². The van der Waals surface area contributed by atoms with Crippen LogP contribution in [0.3, 0.4) is 0 Å². The molecule has 1 rings (SSSR count). The molecule has 0 spiro atoms. The molecule has 0 saturated heterocycles. The molecule has 0 heterocycles. The highest BCUT2D eigenvalue weighted by Crippen LogP contribution is 2.15. The van der Waals surface area contributed by atoms with Crippen molar-refractivity contribution in [3.63, 3.8) is 0 Å². The van der Waals surface area contributed by atoms with Crippen LogP contribution in [0.25, 0.3) is 0 Å². The number of rotatable bonds is 9. The van der Waals surface area contributed by atoms with Gasteiger partial charge in [0.15, 0.2) is 0 Å². The second-order valence-electron chi connectivity index (χ2n) is 5.11. The van der Waals surface area contributed by atoms with Crippen LogP contribution in [-0.4, -0.2) is 32.1 Å². The quantitative estimate of drug-likeness (QED) is 0.618. The maximum Gasteiger partial charge on any atom is 0.119 e. The summed E-state index contributed by atoms with van der Waals surface area (Å²) in [5, 5.41) is 0. The van der Waals surface area contributed by atoms with E-state index < -0.39 is 0 Å². The van der Waals surface area contributed by atoms with Crippen LogP contribution in [0.1, 0.15) is 38.2 Å². The summed E-state index contributed by atoms with van der Waals surface area (Å²) in [5.74, 6) is 1.02. The van der Waals surface area contributed by atoms with E-state index in [0.29, 0.717) is 0 Å². The van der Waals surface area contributed by atoms with Gasteiger partial charge in [0.2, 0.25) is 0 Å². The molecule has 1 aromatic carbocycles. The lowest BCUT2D eigenvalue weighted by Crippen LogP contribution is -2.13. The van der Waals surface area contributed by atoms with Gasteiger partial charge in [-0.05, 0) is 57.6 Å². The Morgan fingerprint density at radius 3 is 2.67 bits per heavy atom. The largest absolute Gasteiger partial charge is 0.494 e. The highest BCUT2D eigenvalue weighted by atomic mass is 16.5. The van der Waals surface area contributed by atoms with Gasteiger partial charge in [0, 0.05) is 0 Å². The van der Waals surface area contributed by atoms with E-state index in [2.05, 4.69) is 50.2 Å². The van der Waals surface area contributed by atoms with Crippen LogP contribution in [-0.2, 0) is 6.42 Å². The normalized spacial score (nSPS) is 10.9. The smallest absolute Gasteiger partial charge is 0.119 e. The predicted molar refractivity (Wildman–Crippen MR) is 78.3 cm³/mol. The predicted octanol–water partition coefficient (Wildman–Crippen LogP) is 3.75. The third kappa shape index (κ3) is 6.65. The van der Waals surface area contributed by atoms with Crippen molar-refractivity contribution in [3.05, 3.63) is 29.8 Å². The Labute approximate surface area is 112 Å². The van der Waals surface area contributed by atoms with Crippen molar-refractivity contribution >= 4 is 0 Å². The maximum atomic E-state index is 5.77. The lowest BCUT2D eigenvalue weighted by molar-refractivity contribution is 0.306. The van der Waals surface area contributed by atoms with E-state index >= 15 is 0 Å². The minimum absolute atomic E-state index is 0.842. The molecule has 0 bridgehead atoms. The van der Waals surface area contributed by atoms with Crippen LogP contribution in [0.15, 0.2) is 24.3 Å². The first kappa shape index (κ1) is 15.0. The molecule has 0 saturated carbocycles. The summed E-state index contributed by atoms with van der Waals surface area (Å²) in [4.78, 5) is 2.23. The Morgan fingerprint density at radius 2 is 1.94 bits per heavy atom. The standard InChI is InChI=1S/C16H27NO/c1-4-5-6-13-18-16-11-7-9-15(14-16)10-8-12-17(2)3/h7,9,11,14H,4-6,8,10,12-13H2,1-3H3. The summed E-state index contributed by atoms with van der Waals surface area (Å²) in [6, 6.07) is 8.53. The van der Waals surface area contributed by atoms with Crippen LogP contribution in [0, 0.1) is 0 Å². The van der Waals surface area contributed by atoms with Gasteiger partial charge in [-0.2, -0.15) is 0 Å². The Kier molecular flexibility index (Phi) is 7.51. The molecular formula is C16H27NO. The van der Waals surface area contributed by atoms with Crippen molar-refractivity contribution < 1.29 is 4.74 Å². The molecule has 0 aliphatic rings. The summed E-state index contributed by atoms with van der Waals surface area (Å²) in [7, 11) is 4.24. The summed E-state index contributed by atoms with van der Waals surface area (Å²) < 4.78 is 5.77. The molecule has 0 aromatic heterocycles. The number of benzene rings is 1. The minimum Gasteiger partial charge on any atom is -0.494 e. The summed E-state index contributed by atoms with van der Waals surface area (Å²) in [5.41, 5.74) is 1.38. The Bertz CT molecular complexity index is 323. The molecule has 0 unspecified atom stereocenters. The minimum atomic E-state index is 0.842. The fourth-order valence-electron chi connectivity index (χ4n) is 1.93. The molecule has 18 heavy (non-hydrogen) atoms. The maximum absolute atomic E-state index is 5.77. The zero-order valence-electron chi connectivity index (χ0n) is 12.1. The number of nitrogens with zero attached hydrogens (tertiary/aromatic N) is 1. The van der Waals surface area contributed by atoms with Gasteiger partial charge in [0.25, 0.3) is 0 Å². The van der Waals surface area contributed by atoms with E-state index in [1.54, 1.807) is 0 Å². The van der Waals surface area contributed by atoms with Crippen molar-refractivity contribution in [3.8, 4) is 5.75 Å². The van der Waals surface area contributed by atoms with Crippen molar-refractivity contribution in [1.82, 2.24) is 4.90 Å². The van der Waals surface area contributed by atoms with Gasteiger partial charge in [-0.25, -0.2) is 0 Å². The fraction of sp³-hybridized carbons (Fsp3) is 0.625. The summed E-state index contributed by atoms with van der Waals surface area (Å²) in [6.07, 6.45) is 5.98. The lowest BCUT2D eigenvalue weighted by Gasteiger charge is -2.10. The first-order valence-corrected chi connectivity index (χ1v) is 7.09. The Hall–Kier alpha value is -1.02. The molecular weight excluding hydrogens is 222 g/mol. The van der Waals surface area contributed by atoms with E-state index in [4.69, 9.17) is 4.74 Å². The molecule has 102 valence electrons. The number of hydrogen-bond acceptors (Lipinski definition) is 2. The van der Waals surface area contributed by atoms with Crippen molar-refractivity contribution in [2.45, 2.75) is 39.0 Å². The highest BCUT2D eigenvalue weighted by Gasteiger charge is 1.98. The monoisotopic (exact) mass is 249 g/mol. The van der Waals surface area contributed by atoms with Gasteiger partial charge in [-0.1, -0.05) is 31.9 Å². The van der Waals surface area contributed by atoms with Crippen molar-refractivity contribution in [2.75, 3.05) is 27.2 Å². The van der Waals surface area contributed by atoms with E-state index in [-0.39, 0.29) is 0 Å². The third-order valence-electron chi connectivity index (χ3n) is 2.99. The summed E-state index contributed by atoms with van der Waals surface area (Å²) in [6.45, 7) is 4.20. The molecule has 0 aliphatic carbocycles.